The standard InChI is InChI=1S/C36H68N10O9/c1-12-25(41-36(55)29(23(6)47)45-32(51)21(4)39-24(7)48)33(52)44-28(20(2)3)35(54)40-22(5)31(50)43-27(17-15-18-38-8)34(53)42-26(30(37)49)16-13-14-19-46(9,10)11/h20-23,25-29,38,47H,12-19H2,1-11H3,(H8-,37,39,40,41,42,43,44,45,48,49,50,51,52,53,54,55)/p+1/t21-,22-,23+,25-,26-,27-,28-,29-/m0/s1. The zero-order valence-electron chi connectivity index (χ0n) is 34.6. The Morgan fingerprint density at radius 2 is 1.07 bits per heavy atom. The number of amides is 8. The van der Waals surface area contributed by atoms with E-state index in [1.54, 1.807) is 27.8 Å². The Balaban J connectivity index is 5.68. The van der Waals surface area contributed by atoms with Crippen molar-refractivity contribution < 1.29 is 47.9 Å². The van der Waals surface area contributed by atoms with E-state index >= 15 is 0 Å². The summed E-state index contributed by atoms with van der Waals surface area (Å²) < 4.78 is 0.750. The molecule has 8 atom stereocenters. The van der Waals surface area contributed by atoms with E-state index in [4.69, 9.17) is 5.73 Å². The minimum Gasteiger partial charge on any atom is -0.391 e. The van der Waals surface area contributed by atoms with Gasteiger partial charge in [-0.2, -0.15) is 0 Å². The van der Waals surface area contributed by atoms with E-state index in [2.05, 4.69) is 63.7 Å². The van der Waals surface area contributed by atoms with E-state index in [1.165, 1.54) is 27.7 Å². The van der Waals surface area contributed by atoms with Crippen LogP contribution in [0.15, 0.2) is 0 Å². The molecule has 8 amide bonds. The Morgan fingerprint density at radius 3 is 1.56 bits per heavy atom. The van der Waals surface area contributed by atoms with Crippen molar-refractivity contribution in [2.24, 2.45) is 11.7 Å². The molecule has 0 fully saturated rings. The summed E-state index contributed by atoms with van der Waals surface area (Å²) in [6, 6.07) is -7.90. The first-order valence-corrected chi connectivity index (χ1v) is 19.0. The zero-order chi connectivity index (χ0) is 42.6. The summed E-state index contributed by atoms with van der Waals surface area (Å²) in [7, 11) is 7.91. The third-order valence-electron chi connectivity index (χ3n) is 8.70. The maximum absolute atomic E-state index is 13.4. The van der Waals surface area contributed by atoms with Gasteiger partial charge >= 0.3 is 0 Å². The van der Waals surface area contributed by atoms with Gasteiger partial charge in [-0.15, -0.1) is 0 Å². The van der Waals surface area contributed by atoms with Crippen LogP contribution in [0.2, 0.25) is 0 Å². The highest BCUT2D eigenvalue weighted by Crippen LogP contribution is 2.08. The number of rotatable bonds is 26. The van der Waals surface area contributed by atoms with Crippen LogP contribution in [0.1, 0.15) is 87.0 Å². The normalized spacial score (nSPS) is 15.8. The van der Waals surface area contributed by atoms with Gasteiger partial charge in [0.25, 0.3) is 0 Å². The molecule has 0 aliphatic carbocycles. The summed E-state index contributed by atoms with van der Waals surface area (Å²) >= 11 is 0. The molecule has 0 spiro atoms. The molecule has 0 saturated heterocycles. The summed E-state index contributed by atoms with van der Waals surface area (Å²) in [5.41, 5.74) is 5.59. The zero-order valence-corrected chi connectivity index (χ0v) is 34.6. The number of hydrogen-bond acceptors (Lipinski definition) is 10. The second-order valence-electron chi connectivity index (χ2n) is 15.4. The second kappa shape index (κ2) is 24.9. The Bertz CT molecular complexity index is 1300. The second-order valence-corrected chi connectivity index (χ2v) is 15.4. The van der Waals surface area contributed by atoms with Gasteiger partial charge in [0.15, 0.2) is 0 Å². The average Bonchev–Trinajstić information content (AvgIpc) is 3.07. The van der Waals surface area contributed by atoms with Crippen LogP contribution in [-0.4, -0.2) is 147 Å². The van der Waals surface area contributed by atoms with Crippen LogP contribution in [0.3, 0.4) is 0 Å². The van der Waals surface area contributed by atoms with Crippen LogP contribution in [0.25, 0.3) is 0 Å². The Morgan fingerprint density at radius 1 is 0.600 bits per heavy atom. The van der Waals surface area contributed by atoms with Crippen LogP contribution in [-0.2, 0) is 38.4 Å². The maximum atomic E-state index is 13.4. The van der Waals surface area contributed by atoms with Crippen molar-refractivity contribution in [3.63, 3.8) is 0 Å². The van der Waals surface area contributed by atoms with Crippen molar-refractivity contribution in [1.82, 2.24) is 42.5 Å². The predicted molar refractivity (Wildman–Crippen MR) is 206 cm³/mol. The lowest BCUT2D eigenvalue weighted by Crippen LogP contribution is -2.61. The molecule has 0 aliphatic heterocycles. The number of aliphatic hydroxyl groups is 1. The highest BCUT2D eigenvalue weighted by atomic mass is 16.3. The molecule has 0 heterocycles. The smallest absolute Gasteiger partial charge is 0.245 e. The monoisotopic (exact) mass is 786 g/mol. The summed E-state index contributed by atoms with van der Waals surface area (Å²) in [4.78, 5) is 102. The number of unbranched alkanes of at least 4 members (excludes halogenated alkanes) is 1. The third kappa shape index (κ3) is 20.2. The first kappa shape index (κ1) is 50.6. The lowest BCUT2D eigenvalue weighted by atomic mass is 10.0. The Hall–Kier alpha value is -4.36. The predicted octanol–water partition coefficient (Wildman–Crippen LogP) is -2.75. The van der Waals surface area contributed by atoms with Gasteiger partial charge in [0.2, 0.25) is 47.3 Å². The molecule has 0 bridgehead atoms. The number of nitrogens with zero attached hydrogens (tertiary/aromatic N) is 1. The lowest BCUT2D eigenvalue weighted by molar-refractivity contribution is -0.870. The number of carbonyl (C=O) groups excluding carboxylic acids is 8. The fourth-order valence-corrected chi connectivity index (χ4v) is 5.37. The number of quaternary nitrogens is 1. The number of hydrogen-bond donors (Lipinski definition) is 10. The molecule has 55 heavy (non-hydrogen) atoms. The summed E-state index contributed by atoms with van der Waals surface area (Å²) in [6.07, 6.45) is 1.27. The van der Waals surface area contributed by atoms with Gasteiger partial charge in [-0.1, -0.05) is 20.8 Å². The van der Waals surface area contributed by atoms with Crippen molar-refractivity contribution in [1.29, 1.82) is 0 Å². The van der Waals surface area contributed by atoms with E-state index in [0.717, 1.165) is 17.4 Å². The molecule has 0 aromatic heterocycles. The van der Waals surface area contributed by atoms with Gasteiger partial charge in [-0.05, 0) is 78.8 Å². The van der Waals surface area contributed by atoms with Gasteiger partial charge in [-0.25, -0.2) is 0 Å². The van der Waals surface area contributed by atoms with Crippen LogP contribution in [0.4, 0.5) is 0 Å². The van der Waals surface area contributed by atoms with Crippen molar-refractivity contribution >= 4 is 47.3 Å². The molecule has 0 aromatic carbocycles. The fourth-order valence-electron chi connectivity index (χ4n) is 5.37. The largest absolute Gasteiger partial charge is 0.391 e. The Labute approximate surface area is 325 Å². The number of nitrogens with one attached hydrogen (secondary N) is 8. The maximum Gasteiger partial charge on any atom is 0.245 e. The molecular formula is C36H69N10O9+. The van der Waals surface area contributed by atoms with Crippen LogP contribution >= 0.6 is 0 Å². The third-order valence-corrected chi connectivity index (χ3v) is 8.70. The molecule has 0 rings (SSSR count). The van der Waals surface area contributed by atoms with Gasteiger partial charge in [0, 0.05) is 6.92 Å². The number of nitrogens with two attached hydrogens (primary N) is 1. The van der Waals surface area contributed by atoms with Crippen molar-refractivity contribution in [3.8, 4) is 0 Å². The van der Waals surface area contributed by atoms with Gasteiger partial charge in [-0.3, -0.25) is 38.4 Å². The van der Waals surface area contributed by atoms with E-state index in [0.29, 0.717) is 25.8 Å². The van der Waals surface area contributed by atoms with E-state index in [-0.39, 0.29) is 12.8 Å². The molecular weight excluding hydrogens is 716 g/mol. The van der Waals surface area contributed by atoms with E-state index in [1.807, 2.05) is 0 Å². The molecule has 316 valence electrons. The van der Waals surface area contributed by atoms with E-state index in [9.17, 15) is 43.5 Å². The average molecular weight is 786 g/mol. The minimum atomic E-state index is -1.46. The van der Waals surface area contributed by atoms with Gasteiger partial charge < -0.3 is 57.9 Å². The highest BCUT2D eigenvalue weighted by molar-refractivity contribution is 5.97. The molecule has 0 aromatic rings. The molecule has 19 nitrogen and oxygen atoms in total. The number of aliphatic hydroxyl groups excluding tert-OH is 1. The summed E-state index contributed by atoms with van der Waals surface area (Å²) in [6.45, 7) is 11.7. The topological polar surface area (TPSA) is 279 Å². The quantitative estimate of drug-likeness (QED) is 0.0319. The molecule has 0 saturated carbocycles. The number of carbonyl (C=O) groups is 8. The fraction of sp³-hybridized carbons (Fsp3) is 0.778. The van der Waals surface area contributed by atoms with Crippen LogP contribution < -0.4 is 48.3 Å². The summed E-state index contributed by atoms with van der Waals surface area (Å²) in [5.74, 6) is -5.92. The van der Waals surface area contributed by atoms with Crippen LogP contribution in [0.5, 0.6) is 0 Å². The van der Waals surface area contributed by atoms with Crippen LogP contribution in [0, 0.1) is 5.92 Å². The van der Waals surface area contributed by atoms with E-state index < -0.39 is 102 Å². The number of primary amides is 1. The van der Waals surface area contributed by atoms with Gasteiger partial charge in [0.1, 0.15) is 42.3 Å². The lowest BCUT2D eigenvalue weighted by Gasteiger charge is -2.28. The highest BCUT2D eigenvalue weighted by Gasteiger charge is 2.34. The summed E-state index contributed by atoms with van der Waals surface area (Å²) in [5, 5.41) is 30.9. The first-order chi connectivity index (χ1) is 25.4. The Kier molecular flexibility index (Phi) is 23.0. The van der Waals surface area contributed by atoms with Crippen molar-refractivity contribution in [3.05, 3.63) is 0 Å². The van der Waals surface area contributed by atoms with Crippen molar-refractivity contribution in [2.45, 2.75) is 135 Å². The molecule has 0 unspecified atom stereocenters. The molecule has 0 radical (unpaired) electrons. The molecule has 19 heteroatoms. The molecule has 0 aliphatic rings. The first-order valence-electron chi connectivity index (χ1n) is 19.0. The van der Waals surface area contributed by atoms with Crippen molar-refractivity contribution in [2.75, 3.05) is 41.3 Å². The molecule has 11 N–H and O–H groups in total. The minimum absolute atomic E-state index is 0.0788. The SMILES string of the molecule is CC[C@H](NC(=O)[C@@H](NC(=O)[C@H](C)NC(C)=O)[C@@H](C)O)C(=O)N[C@H](C(=O)N[C@@H](C)C(=O)N[C@@H](CCCNC)C(=O)N[C@@H](CCCC[N+](C)(C)C)C(N)=O)C(C)C. The van der Waals surface area contributed by atoms with Gasteiger partial charge in [0.05, 0.1) is 33.8 Å².